The Hall–Kier alpha value is -3.08. The number of rotatable bonds is 4. The minimum absolute atomic E-state index is 0.232. The number of esters is 1. The fourth-order valence-electron chi connectivity index (χ4n) is 2.69. The number of hydrogen-bond acceptors (Lipinski definition) is 6. The molecule has 0 unspecified atom stereocenters. The monoisotopic (exact) mass is 457 g/mol. The van der Waals surface area contributed by atoms with Gasteiger partial charge in [-0.2, -0.15) is 5.26 Å². The molecule has 7 nitrogen and oxygen atoms in total. The number of carbonyl (C=O) groups excluding carboxylic acids is 1. The second kappa shape index (κ2) is 9.38. The zero-order chi connectivity index (χ0) is 22.6. The van der Waals surface area contributed by atoms with Crippen molar-refractivity contribution in [1.29, 1.82) is 5.26 Å². The second-order valence-electron chi connectivity index (χ2n) is 7.80. The third-order valence-corrected chi connectivity index (χ3v) is 4.70. The number of guanidine groups is 1. The van der Waals surface area contributed by atoms with Crippen LogP contribution in [0, 0.1) is 11.3 Å². The minimum atomic E-state index is -0.532. The lowest BCUT2D eigenvalue weighted by atomic mass is 10.1. The molecule has 1 aliphatic rings. The maximum atomic E-state index is 12.1. The lowest BCUT2D eigenvalue weighted by Gasteiger charge is -2.19. The van der Waals surface area contributed by atoms with Crippen molar-refractivity contribution in [3.05, 3.63) is 63.1 Å². The van der Waals surface area contributed by atoms with Crippen molar-refractivity contribution in [1.82, 2.24) is 5.32 Å². The van der Waals surface area contributed by atoms with E-state index in [0.717, 1.165) is 5.56 Å². The predicted molar refractivity (Wildman–Crippen MR) is 123 cm³/mol. The van der Waals surface area contributed by atoms with E-state index in [1.807, 2.05) is 39.0 Å². The molecule has 0 saturated heterocycles. The summed E-state index contributed by atoms with van der Waals surface area (Å²) in [5.74, 6) is 0.857. The predicted octanol–water partition coefficient (Wildman–Crippen LogP) is 4.79. The van der Waals surface area contributed by atoms with Gasteiger partial charge in [-0.1, -0.05) is 35.3 Å². The van der Waals surface area contributed by atoms with Gasteiger partial charge >= 0.3 is 5.97 Å². The maximum absolute atomic E-state index is 12.1. The number of carbonyl (C=O) groups is 1. The molecule has 0 aliphatic carbocycles. The summed E-state index contributed by atoms with van der Waals surface area (Å²) in [5.41, 5.74) is 1.76. The highest BCUT2D eigenvalue weighted by molar-refractivity contribution is 6.37. The van der Waals surface area contributed by atoms with Gasteiger partial charge in [0.05, 0.1) is 27.7 Å². The highest BCUT2D eigenvalue weighted by Crippen LogP contribution is 2.28. The first-order valence-corrected chi connectivity index (χ1v) is 10.2. The molecule has 1 heterocycles. The number of benzene rings is 2. The Morgan fingerprint density at radius 1 is 1.26 bits per heavy atom. The molecule has 2 N–H and O–H groups in total. The van der Waals surface area contributed by atoms with Gasteiger partial charge in [0, 0.05) is 5.69 Å². The number of amidine groups is 1. The highest BCUT2D eigenvalue weighted by Gasteiger charge is 2.18. The Labute approximate surface area is 190 Å². The summed E-state index contributed by atoms with van der Waals surface area (Å²) >= 11 is 12.1. The van der Waals surface area contributed by atoms with Crippen LogP contribution in [0.25, 0.3) is 0 Å². The molecule has 0 aromatic heterocycles. The summed E-state index contributed by atoms with van der Waals surface area (Å²) in [7, 11) is 0. The van der Waals surface area contributed by atoms with E-state index in [9.17, 15) is 4.79 Å². The van der Waals surface area contributed by atoms with Crippen molar-refractivity contribution in [2.24, 2.45) is 9.98 Å². The Bertz CT molecular complexity index is 1070. The summed E-state index contributed by atoms with van der Waals surface area (Å²) in [6.45, 7) is 6.34. The lowest BCUT2D eigenvalue weighted by Crippen LogP contribution is -2.30. The maximum Gasteiger partial charge on any atom is 0.338 e. The zero-order valence-electron chi connectivity index (χ0n) is 17.3. The highest BCUT2D eigenvalue weighted by atomic mass is 35.5. The van der Waals surface area contributed by atoms with Gasteiger partial charge in [0.2, 0.25) is 5.96 Å². The van der Waals surface area contributed by atoms with Crippen LogP contribution in [0.5, 0.6) is 0 Å². The van der Waals surface area contributed by atoms with E-state index in [4.69, 9.17) is 33.2 Å². The fourth-order valence-corrected chi connectivity index (χ4v) is 3.26. The summed E-state index contributed by atoms with van der Waals surface area (Å²) in [5, 5.41) is 15.7. The topological polar surface area (TPSA) is 98.9 Å². The van der Waals surface area contributed by atoms with Crippen molar-refractivity contribution < 1.29 is 9.53 Å². The molecule has 0 spiro atoms. The van der Waals surface area contributed by atoms with Crippen molar-refractivity contribution in [3.8, 4) is 6.07 Å². The zero-order valence-corrected chi connectivity index (χ0v) is 18.8. The van der Waals surface area contributed by atoms with Gasteiger partial charge in [0.15, 0.2) is 0 Å². The molecular formula is C22H21Cl2N5O2. The number of anilines is 1. The molecule has 160 valence electrons. The molecule has 3 rings (SSSR count). The number of halogens is 2. The smallest absolute Gasteiger partial charge is 0.338 e. The molecular weight excluding hydrogens is 437 g/mol. The molecule has 0 amide bonds. The van der Waals surface area contributed by atoms with Crippen LogP contribution in [0.1, 0.15) is 42.3 Å². The summed E-state index contributed by atoms with van der Waals surface area (Å²) in [6.07, 6.45) is 0. The van der Waals surface area contributed by atoms with Gasteiger partial charge < -0.3 is 15.4 Å². The van der Waals surface area contributed by atoms with Crippen LogP contribution in [0.2, 0.25) is 10.0 Å². The SMILES string of the molecule is CC(C)(C)OC(=O)c1ccc(CN=C2CN=C(Nc3cc(Cl)c(C#N)c(Cl)c3)N2)cc1. The van der Waals surface area contributed by atoms with E-state index in [1.165, 1.54) is 0 Å². The van der Waals surface area contributed by atoms with Crippen LogP contribution < -0.4 is 10.6 Å². The largest absolute Gasteiger partial charge is 0.456 e. The third-order valence-electron chi connectivity index (χ3n) is 4.11. The fraction of sp³-hybridized carbons (Fsp3) is 0.273. The van der Waals surface area contributed by atoms with E-state index >= 15 is 0 Å². The van der Waals surface area contributed by atoms with Crippen LogP contribution in [0.4, 0.5) is 5.69 Å². The second-order valence-corrected chi connectivity index (χ2v) is 8.62. The number of nitrogens with one attached hydrogen (secondary N) is 2. The minimum Gasteiger partial charge on any atom is -0.456 e. The Morgan fingerprint density at radius 3 is 2.48 bits per heavy atom. The normalized spacial score (nSPS) is 14.6. The van der Waals surface area contributed by atoms with Gasteiger partial charge in [-0.25, -0.2) is 9.79 Å². The number of nitrogens with zero attached hydrogens (tertiary/aromatic N) is 3. The van der Waals surface area contributed by atoms with E-state index in [2.05, 4.69) is 20.6 Å². The van der Waals surface area contributed by atoms with Crippen molar-refractivity contribution in [2.75, 3.05) is 11.9 Å². The Morgan fingerprint density at radius 2 is 1.90 bits per heavy atom. The van der Waals surface area contributed by atoms with Gasteiger partial charge in [0.25, 0.3) is 0 Å². The molecule has 31 heavy (non-hydrogen) atoms. The summed E-state index contributed by atoms with van der Waals surface area (Å²) in [6, 6.07) is 12.3. The van der Waals surface area contributed by atoms with E-state index in [0.29, 0.717) is 36.1 Å². The van der Waals surface area contributed by atoms with Crippen molar-refractivity contribution >= 4 is 46.7 Å². The average Bonchev–Trinajstić information content (AvgIpc) is 3.12. The van der Waals surface area contributed by atoms with Crippen molar-refractivity contribution in [3.63, 3.8) is 0 Å². The molecule has 1 aliphatic heterocycles. The van der Waals surface area contributed by atoms with Crippen LogP contribution in [0.3, 0.4) is 0 Å². The molecule has 0 bridgehead atoms. The van der Waals surface area contributed by atoms with E-state index in [-0.39, 0.29) is 21.6 Å². The van der Waals surface area contributed by atoms with Crippen molar-refractivity contribution in [2.45, 2.75) is 32.9 Å². The van der Waals surface area contributed by atoms with Gasteiger partial charge in [0.1, 0.15) is 24.1 Å². The van der Waals surface area contributed by atoms with Gasteiger partial charge in [-0.3, -0.25) is 4.99 Å². The molecule has 0 saturated carbocycles. The van der Waals surface area contributed by atoms with Crippen LogP contribution in [0.15, 0.2) is 46.4 Å². The Kier molecular flexibility index (Phi) is 6.84. The molecule has 0 fully saturated rings. The number of ether oxygens (including phenoxy) is 1. The third kappa shape index (κ3) is 6.20. The van der Waals surface area contributed by atoms with Crippen LogP contribution in [-0.4, -0.2) is 29.9 Å². The molecule has 0 radical (unpaired) electrons. The van der Waals surface area contributed by atoms with Crippen LogP contribution >= 0.6 is 23.2 Å². The molecule has 2 aromatic carbocycles. The number of aliphatic imine (C=N–C) groups is 2. The molecule has 0 atom stereocenters. The van der Waals surface area contributed by atoms with Gasteiger partial charge in [-0.15, -0.1) is 0 Å². The quantitative estimate of drug-likeness (QED) is 0.642. The average molecular weight is 458 g/mol. The first-order valence-electron chi connectivity index (χ1n) is 9.48. The van der Waals surface area contributed by atoms with E-state index in [1.54, 1.807) is 24.3 Å². The number of nitriles is 1. The first-order chi connectivity index (χ1) is 14.6. The first kappa shape index (κ1) is 22.6. The van der Waals surface area contributed by atoms with Crippen LogP contribution in [-0.2, 0) is 11.3 Å². The molecule has 2 aromatic rings. The Balaban J connectivity index is 1.56. The van der Waals surface area contributed by atoms with Gasteiger partial charge in [-0.05, 0) is 50.6 Å². The van der Waals surface area contributed by atoms with E-state index < -0.39 is 5.60 Å². The summed E-state index contributed by atoms with van der Waals surface area (Å²) in [4.78, 5) is 21.0. The standard InChI is InChI=1S/C22H21Cl2N5O2/c1-22(2,3)31-20(30)14-6-4-13(5-7-14)11-26-19-12-27-21(29-19)28-15-8-17(23)16(10-25)18(24)9-15/h4-9H,11-12H2,1-3H3,(H2,26,27,28,29). The summed E-state index contributed by atoms with van der Waals surface area (Å²) < 4.78 is 5.36. The lowest BCUT2D eigenvalue weighted by molar-refractivity contribution is 0.00695. The molecule has 9 heteroatoms. The number of hydrogen-bond donors (Lipinski definition) is 2.